The van der Waals surface area contributed by atoms with Crippen molar-refractivity contribution in [3.05, 3.63) is 54.6 Å². The van der Waals surface area contributed by atoms with E-state index >= 15 is 0 Å². The molecular weight excluding hydrogens is 308 g/mol. The van der Waals surface area contributed by atoms with Gasteiger partial charge < -0.3 is 10.2 Å². The summed E-state index contributed by atoms with van der Waals surface area (Å²) in [5.74, 6) is -1.37. The normalized spacial score (nSPS) is 23.8. The van der Waals surface area contributed by atoms with E-state index in [1.165, 1.54) is 5.56 Å². The van der Waals surface area contributed by atoms with E-state index < -0.39 is 11.9 Å². The van der Waals surface area contributed by atoms with Crippen molar-refractivity contribution >= 4 is 17.7 Å². The van der Waals surface area contributed by atoms with E-state index in [1.54, 1.807) is 11.8 Å². The minimum Gasteiger partial charge on any atom is -0.481 e. The van der Waals surface area contributed by atoms with Crippen LogP contribution in [0.1, 0.15) is 12.8 Å². The standard InChI is InChI=1S/C19H20O3S/c20-12-15-8-11-17(18(15)19(21)22)23-16-9-6-14(7-10-16)13-4-2-1-3-5-13/h1-7,9-10,15,17-18,20H,8,11-12H2,(H,21,22)/t15-,17-,18-/m1/s1. The number of hydrogen-bond acceptors (Lipinski definition) is 3. The number of carboxylic acid groups (broad SMARTS) is 1. The molecule has 2 aromatic rings. The predicted molar refractivity (Wildman–Crippen MR) is 92.5 cm³/mol. The maximum atomic E-state index is 11.5. The van der Waals surface area contributed by atoms with Crippen LogP contribution in [0.3, 0.4) is 0 Å². The van der Waals surface area contributed by atoms with Gasteiger partial charge in [-0.05, 0) is 42.0 Å². The molecule has 23 heavy (non-hydrogen) atoms. The van der Waals surface area contributed by atoms with Crippen LogP contribution in [0.25, 0.3) is 11.1 Å². The van der Waals surface area contributed by atoms with Gasteiger partial charge in [0, 0.05) is 16.8 Å². The highest BCUT2D eigenvalue weighted by Gasteiger charge is 2.41. The summed E-state index contributed by atoms with van der Waals surface area (Å²) in [5.41, 5.74) is 2.33. The van der Waals surface area contributed by atoms with Crippen LogP contribution in [0.4, 0.5) is 0 Å². The minimum atomic E-state index is -0.792. The number of benzene rings is 2. The highest BCUT2D eigenvalue weighted by atomic mass is 32.2. The molecule has 0 aromatic heterocycles. The third-order valence-electron chi connectivity index (χ3n) is 4.50. The molecule has 1 aliphatic carbocycles. The van der Waals surface area contributed by atoms with Gasteiger partial charge in [0.15, 0.2) is 0 Å². The Hall–Kier alpha value is -1.78. The lowest BCUT2D eigenvalue weighted by Gasteiger charge is -2.19. The molecule has 1 aliphatic rings. The maximum Gasteiger partial charge on any atom is 0.308 e. The number of aliphatic carboxylic acids is 1. The molecule has 0 amide bonds. The molecule has 0 heterocycles. The van der Waals surface area contributed by atoms with Gasteiger partial charge in [0.1, 0.15) is 0 Å². The smallest absolute Gasteiger partial charge is 0.308 e. The molecular formula is C19H20O3S. The molecule has 120 valence electrons. The van der Waals surface area contributed by atoms with Gasteiger partial charge in [-0.25, -0.2) is 0 Å². The fourth-order valence-corrected chi connectivity index (χ4v) is 4.65. The third kappa shape index (κ3) is 3.59. The van der Waals surface area contributed by atoms with Crippen LogP contribution in [-0.2, 0) is 4.79 Å². The molecule has 2 aromatic carbocycles. The number of hydrogen-bond donors (Lipinski definition) is 2. The summed E-state index contributed by atoms with van der Waals surface area (Å²) < 4.78 is 0. The highest BCUT2D eigenvalue weighted by molar-refractivity contribution is 8.00. The molecule has 2 N–H and O–H groups in total. The molecule has 0 aliphatic heterocycles. The average molecular weight is 328 g/mol. The summed E-state index contributed by atoms with van der Waals surface area (Å²) in [7, 11) is 0. The number of carbonyl (C=O) groups is 1. The first kappa shape index (κ1) is 16.1. The largest absolute Gasteiger partial charge is 0.481 e. The fraction of sp³-hybridized carbons (Fsp3) is 0.316. The Morgan fingerprint density at radius 1 is 1.00 bits per heavy atom. The molecule has 1 saturated carbocycles. The van der Waals surface area contributed by atoms with Crippen molar-refractivity contribution in [2.45, 2.75) is 23.0 Å². The predicted octanol–water partition coefficient (Wildman–Crippen LogP) is 3.92. The Balaban J connectivity index is 1.72. The molecule has 0 saturated heterocycles. The second-order valence-electron chi connectivity index (χ2n) is 5.93. The highest BCUT2D eigenvalue weighted by Crippen LogP contribution is 2.42. The lowest BCUT2D eigenvalue weighted by atomic mass is 9.97. The molecule has 1 fully saturated rings. The van der Waals surface area contributed by atoms with Gasteiger partial charge in [0.05, 0.1) is 5.92 Å². The molecule has 4 heteroatoms. The number of rotatable bonds is 5. The van der Waals surface area contributed by atoms with Crippen LogP contribution in [-0.4, -0.2) is 28.0 Å². The zero-order chi connectivity index (χ0) is 16.2. The Morgan fingerprint density at radius 3 is 2.26 bits per heavy atom. The number of thioether (sulfide) groups is 1. The quantitative estimate of drug-likeness (QED) is 0.873. The van der Waals surface area contributed by atoms with Gasteiger partial charge >= 0.3 is 5.97 Å². The second kappa shape index (κ2) is 7.20. The average Bonchev–Trinajstić information content (AvgIpc) is 2.99. The van der Waals surface area contributed by atoms with Crippen LogP contribution in [0.15, 0.2) is 59.5 Å². The van der Waals surface area contributed by atoms with E-state index in [0.29, 0.717) is 0 Å². The number of aliphatic hydroxyl groups excluding tert-OH is 1. The summed E-state index contributed by atoms with van der Waals surface area (Å²) >= 11 is 1.62. The topological polar surface area (TPSA) is 57.5 Å². The van der Waals surface area contributed by atoms with Crippen molar-refractivity contribution < 1.29 is 15.0 Å². The maximum absolute atomic E-state index is 11.5. The van der Waals surface area contributed by atoms with E-state index in [1.807, 2.05) is 18.2 Å². The van der Waals surface area contributed by atoms with Crippen LogP contribution in [0.2, 0.25) is 0 Å². The first-order valence-electron chi connectivity index (χ1n) is 7.85. The third-order valence-corrected chi connectivity index (χ3v) is 5.87. The first-order chi connectivity index (χ1) is 11.2. The van der Waals surface area contributed by atoms with Crippen LogP contribution >= 0.6 is 11.8 Å². The van der Waals surface area contributed by atoms with Gasteiger partial charge in [-0.15, -0.1) is 11.8 Å². The summed E-state index contributed by atoms with van der Waals surface area (Å²) in [6.45, 7) is -0.0407. The Labute approximate surface area is 140 Å². The van der Waals surface area contributed by atoms with E-state index in [2.05, 4.69) is 36.4 Å². The van der Waals surface area contributed by atoms with Gasteiger partial charge in [0.25, 0.3) is 0 Å². The van der Waals surface area contributed by atoms with Crippen molar-refractivity contribution in [2.75, 3.05) is 6.61 Å². The molecule has 3 atom stereocenters. The first-order valence-corrected chi connectivity index (χ1v) is 8.73. The van der Waals surface area contributed by atoms with E-state index in [0.717, 1.165) is 23.3 Å². The van der Waals surface area contributed by atoms with Crippen molar-refractivity contribution in [1.29, 1.82) is 0 Å². The van der Waals surface area contributed by atoms with Crippen molar-refractivity contribution in [1.82, 2.24) is 0 Å². The van der Waals surface area contributed by atoms with E-state index in [-0.39, 0.29) is 17.8 Å². The zero-order valence-electron chi connectivity index (χ0n) is 12.8. The van der Waals surface area contributed by atoms with Crippen molar-refractivity contribution in [2.24, 2.45) is 11.8 Å². The molecule has 3 rings (SSSR count). The summed E-state index contributed by atoms with van der Waals surface area (Å²) in [6.07, 6.45) is 1.63. The van der Waals surface area contributed by atoms with Gasteiger partial charge in [0.2, 0.25) is 0 Å². The van der Waals surface area contributed by atoms with Crippen LogP contribution in [0, 0.1) is 11.8 Å². The molecule has 0 unspecified atom stereocenters. The monoisotopic (exact) mass is 328 g/mol. The van der Waals surface area contributed by atoms with Crippen LogP contribution < -0.4 is 0 Å². The summed E-state index contributed by atoms with van der Waals surface area (Å²) in [4.78, 5) is 12.6. The Kier molecular flexibility index (Phi) is 5.03. The summed E-state index contributed by atoms with van der Waals surface area (Å²) in [5, 5.41) is 18.8. The molecule has 0 bridgehead atoms. The van der Waals surface area contributed by atoms with Crippen LogP contribution in [0.5, 0.6) is 0 Å². The lowest BCUT2D eigenvalue weighted by molar-refractivity contribution is -0.143. The molecule has 0 radical (unpaired) electrons. The van der Waals surface area contributed by atoms with Gasteiger partial charge in [-0.1, -0.05) is 42.5 Å². The molecule has 0 spiro atoms. The van der Waals surface area contributed by atoms with Crippen molar-refractivity contribution in [3.8, 4) is 11.1 Å². The van der Waals surface area contributed by atoms with Gasteiger partial charge in [-0.2, -0.15) is 0 Å². The fourth-order valence-electron chi connectivity index (χ4n) is 3.27. The SMILES string of the molecule is O=C(O)[C@@H]1[C@@H](CO)CC[C@H]1Sc1ccc(-c2ccccc2)cc1. The zero-order valence-corrected chi connectivity index (χ0v) is 13.6. The van der Waals surface area contributed by atoms with Crippen molar-refractivity contribution in [3.63, 3.8) is 0 Å². The Bertz CT molecular complexity index is 654. The van der Waals surface area contributed by atoms with E-state index in [9.17, 15) is 15.0 Å². The number of aliphatic hydroxyl groups is 1. The number of carboxylic acids is 1. The summed E-state index contributed by atoms with van der Waals surface area (Å²) in [6, 6.07) is 18.4. The second-order valence-corrected chi connectivity index (χ2v) is 7.24. The lowest BCUT2D eigenvalue weighted by Crippen LogP contribution is -2.27. The molecule has 3 nitrogen and oxygen atoms in total. The minimum absolute atomic E-state index is 0.0345. The van der Waals surface area contributed by atoms with Gasteiger partial charge in [-0.3, -0.25) is 4.79 Å². The van der Waals surface area contributed by atoms with E-state index in [4.69, 9.17) is 0 Å². The Morgan fingerprint density at radius 2 is 1.65 bits per heavy atom.